The Balaban J connectivity index is 1.68. The number of anilines is 2. The van der Waals surface area contributed by atoms with Crippen molar-refractivity contribution in [3.05, 3.63) is 53.9 Å². The molecule has 1 aromatic carbocycles. The van der Waals surface area contributed by atoms with Gasteiger partial charge in [0.1, 0.15) is 5.69 Å². The average Bonchev–Trinajstić information content (AvgIpc) is 2.65. The minimum Gasteiger partial charge on any atom is -0.385 e. The molecule has 5 heteroatoms. The predicted molar refractivity (Wildman–Crippen MR) is 94.8 cm³/mol. The number of benzene rings is 1. The first-order valence-electron chi connectivity index (χ1n) is 8.38. The number of pyridine rings is 1. The lowest BCUT2D eigenvalue weighted by atomic mass is 10.0. The number of rotatable bonds is 6. The van der Waals surface area contributed by atoms with Gasteiger partial charge in [0.25, 0.3) is 5.91 Å². The minimum absolute atomic E-state index is 0.142. The molecule has 3 rings (SSSR count). The fraction of sp³-hybridized carbons (Fsp3) is 0.368. The van der Waals surface area contributed by atoms with Crippen LogP contribution in [-0.2, 0) is 11.2 Å². The molecule has 0 saturated carbocycles. The van der Waals surface area contributed by atoms with Crippen LogP contribution in [0.4, 0.5) is 11.4 Å². The lowest BCUT2D eigenvalue weighted by Crippen LogP contribution is -2.27. The standard InChI is InChI=1S/C19H23N3O2/c1-24-13-5-11-20-19(23)17-10-9-16(14-21-17)22-12-4-7-15-6-2-3-8-18(15)22/h2-3,6,8-10,14H,4-5,7,11-13H2,1H3,(H,20,23). The summed E-state index contributed by atoms with van der Waals surface area (Å²) in [7, 11) is 1.65. The maximum atomic E-state index is 12.1. The normalized spacial score (nSPS) is 13.5. The van der Waals surface area contributed by atoms with Crippen molar-refractivity contribution < 1.29 is 9.53 Å². The predicted octanol–water partition coefficient (Wildman–Crippen LogP) is 2.93. The maximum absolute atomic E-state index is 12.1. The van der Waals surface area contributed by atoms with Gasteiger partial charge in [-0.25, -0.2) is 4.98 Å². The monoisotopic (exact) mass is 325 g/mol. The van der Waals surface area contributed by atoms with Gasteiger partial charge in [0.2, 0.25) is 0 Å². The Kier molecular flexibility index (Phi) is 5.43. The second-order valence-electron chi connectivity index (χ2n) is 5.89. The van der Waals surface area contributed by atoms with Gasteiger partial charge >= 0.3 is 0 Å². The lowest BCUT2D eigenvalue weighted by Gasteiger charge is -2.31. The summed E-state index contributed by atoms with van der Waals surface area (Å²) in [5, 5.41) is 2.85. The number of carbonyl (C=O) groups is 1. The van der Waals surface area contributed by atoms with Gasteiger partial charge in [0.05, 0.1) is 11.9 Å². The summed E-state index contributed by atoms with van der Waals surface area (Å²) in [5.41, 5.74) is 4.07. The van der Waals surface area contributed by atoms with Gasteiger partial charge in [0, 0.05) is 32.5 Å². The van der Waals surface area contributed by atoms with Crippen LogP contribution in [-0.4, -0.2) is 37.7 Å². The summed E-state index contributed by atoms with van der Waals surface area (Å²) in [6, 6.07) is 12.2. The number of para-hydroxylation sites is 1. The summed E-state index contributed by atoms with van der Waals surface area (Å²) in [4.78, 5) is 18.7. The average molecular weight is 325 g/mol. The first kappa shape index (κ1) is 16.5. The molecule has 0 atom stereocenters. The minimum atomic E-state index is -0.142. The van der Waals surface area contributed by atoms with Crippen LogP contribution in [0.25, 0.3) is 0 Å². The molecule has 2 heterocycles. The zero-order valence-electron chi connectivity index (χ0n) is 14.0. The number of nitrogens with one attached hydrogen (secondary N) is 1. The zero-order chi connectivity index (χ0) is 16.8. The number of nitrogens with zero attached hydrogens (tertiary/aromatic N) is 2. The van der Waals surface area contributed by atoms with Gasteiger partial charge in [0.15, 0.2) is 0 Å². The molecular weight excluding hydrogens is 302 g/mol. The highest BCUT2D eigenvalue weighted by atomic mass is 16.5. The molecule has 1 aliphatic rings. The largest absolute Gasteiger partial charge is 0.385 e. The van der Waals surface area contributed by atoms with E-state index in [4.69, 9.17) is 4.74 Å². The molecule has 0 fully saturated rings. The summed E-state index contributed by atoms with van der Waals surface area (Å²) in [5.74, 6) is -0.142. The van der Waals surface area contributed by atoms with E-state index in [-0.39, 0.29) is 5.91 Å². The molecule has 0 bridgehead atoms. The molecule has 0 spiro atoms. The number of fused-ring (bicyclic) bond motifs is 1. The number of methoxy groups -OCH3 is 1. The van der Waals surface area contributed by atoms with Crippen LogP contribution in [0.5, 0.6) is 0 Å². The Morgan fingerprint density at radius 1 is 1.29 bits per heavy atom. The van der Waals surface area contributed by atoms with E-state index in [1.807, 2.05) is 6.07 Å². The second kappa shape index (κ2) is 7.93. The summed E-state index contributed by atoms with van der Waals surface area (Å²) in [6.07, 6.45) is 4.82. The molecule has 0 unspecified atom stereocenters. The SMILES string of the molecule is COCCCNC(=O)c1ccc(N2CCCc3ccccc32)cn1. The van der Waals surface area contributed by atoms with Crippen molar-refractivity contribution in [2.45, 2.75) is 19.3 Å². The Bertz CT molecular complexity index is 685. The maximum Gasteiger partial charge on any atom is 0.269 e. The van der Waals surface area contributed by atoms with Crippen LogP contribution in [0.3, 0.4) is 0 Å². The van der Waals surface area contributed by atoms with Crippen LogP contribution in [0.1, 0.15) is 28.9 Å². The molecule has 0 radical (unpaired) electrons. The number of hydrogen-bond donors (Lipinski definition) is 1. The fourth-order valence-electron chi connectivity index (χ4n) is 2.99. The van der Waals surface area contributed by atoms with E-state index < -0.39 is 0 Å². The molecule has 0 saturated heterocycles. The first-order valence-corrected chi connectivity index (χ1v) is 8.38. The quantitative estimate of drug-likeness (QED) is 0.830. The van der Waals surface area contributed by atoms with Gasteiger partial charge in [-0.1, -0.05) is 18.2 Å². The van der Waals surface area contributed by atoms with E-state index in [0.717, 1.165) is 31.5 Å². The highest BCUT2D eigenvalue weighted by molar-refractivity contribution is 5.92. The van der Waals surface area contributed by atoms with Crippen LogP contribution < -0.4 is 10.2 Å². The van der Waals surface area contributed by atoms with Gasteiger partial charge in [-0.3, -0.25) is 4.79 Å². The lowest BCUT2D eigenvalue weighted by molar-refractivity contribution is 0.0943. The third-order valence-corrected chi connectivity index (χ3v) is 4.21. The Hall–Kier alpha value is -2.40. The van der Waals surface area contributed by atoms with E-state index in [2.05, 4.69) is 39.5 Å². The number of ether oxygens (including phenoxy) is 1. The van der Waals surface area contributed by atoms with Crippen molar-refractivity contribution in [1.82, 2.24) is 10.3 Å². The van der Waals surface area contributed by atoms with Crippen molar-refractivity contribution in [2.24, 2.45) is 0 Å². The van der Waals surface area contributed by atoms with Crippen LogP contribution in [0, 0.1) is 0 Å². The third kappa shape index (κ3) is 3.74. The van der Waals surface area contributed by atoms with Crippen LogP contribution in [0.15, 0.2) is 42.6 Å². The molecule has 5 nitrogen and oxygen atoms in total. The molecule has 126 valence electrons. The number of hydrogen-bond acceptors (Lipinski definition) is 4. The summed E-state index contributed by atoms with van der Waals surface area (Å²) < 4.78 is 4.97. The summed E-state index contributed by atoms with van der Waals surface area (Å²) >= 11 is 0. The van der Waals surface area contributed by atoms with Gasteiger partial charge in [-0.15, -0.1) is 0 Å². The van der Waals surface area contributed by atoms with E-state index in [0.29, 0.717) is 18.8 Å². The second-order valence-corrected chi connectivity index (χ2v) is 5.89. The highest BCUT2D eigenvalue weighted by Gasteiger charge is 2.18. The molecule has 1 amide bonds. The first-order chi connectivity index (χ1) is 11.8. The molecule has 0 aliphatic carbocycles. The summed E-state index contributed by atoms with van der Waals surface area (Å²) in [6.45, 7) is 2.21. The van der Waals surface area contributed by atoms with Crippen LogP contribution >= 0.6 is 0 Å². The Morgan fingerprint density at radius 3 is 2.96 bits per heavy atom. The fourth-order valence-corrected chi connectivity index (χ4v) is 2.99. The van der Waals surface area contributed by atoms with Gasteiger partial charge in [-0.05, 0) is 43.0 Å². The molecule has 1 aromatic heterocycles. The third-order valence-electron chi connectivity index (χ3n) is 4.21. The van der Waals surface area contributed by atoms with E-state index in [9.17, 15) is 4.79 Å². The van der Waals surface area contributed by atoms with E-state index in [1.165, 1.54) is 11.3 Å². The number of aromatic nitrogens is 1. The topological polar surface area (TPSA) is 54.5 Å². The van der Waals surface area contributed by atoms with E-state index >= 15 is 0 Å². The molecular formula is C19H23N3O2. The van der Waals surface area contributed by atoms with Crippen molar-refractivity contribution >= 4 is 17.3 Å². The zero-order valence-corrected chi connectivity index (χ0v) is 14.0. The van der Waals surface area contributed by atoms with Gasteiger partial charge < -0.3 is 15.0 Å². The van der Waals surface area contributed by atoms with E-state index in [1.54, 1.807) is 19.4 Å². The Morgan fingerprint density at radius 2 is 2.17 bits per heavy atom. The Labute approximate surface area is 142 Å². The molecule has 1 N–H and O–H groups in total. The number of amides is 1. The smallest absolute Gasteiger partial charge is 0.269 e. The molecule has 2 aromatic rings. The van der Waals surface area contributed by atoms with Crippen molar-refractivity contribution in [3.63, 3.8) is 0 Å². The highest BCUT2D eigenvalue weighted by Crippen LogP contribution is 2.32. The molecule has 1 aliphatic heterocycles. The van der Waals surface area contributed by atoms with Crippen molar-refractivity contribution in [1.29, 1.82) is 0 Å². The number of carbonyl (C=O) groups excluding carboxylic acids is 1. The van der Waals surface area contributed by atoms with Crippen molar-refractivity contribution in [3.8, 4) is 0 Å². The van der Waals surface area contributed by atoms with Crippen molar-refractivity contribution in [2.75, 3.05) is 31.7 Å². The van der Waals surface area contributed by atoms with Gasteiger partial charge in [-0.2, -0.15) is 0 Å². The number of aryl methyl sites for hydroxylation is 1. The molecule has 24 heavy (non-hydrogen) atoms. The van der Waals surface area contributed by atoms with Crippen LogP contribution in [0.2, 0.25) is 0 Å².